The molecule has 1 heterocycles. The first-order valence-electron chi connectivity index (χ1n) is 10.00. The van der Waals surface area contributed by atoms with Crippen LogP contribution in [0, 0.1) is 22.0 Å². The molecule has 2 rings (SSSR count). The van der Waals surface area contributed by atoms with Crippen LogP contribution in [0.15, 0.2) is 24.3 Å². The summed E-state index contributed by atoms with van der Waals surface area (Å²) >= 11 is 2.92. The number of esters is 1. The van der Waals surface area contributed by atoms with Gasteiger partial charge in [-0.3, -0.25) is 19.7 Å². The molecule has 0 radical (unpaired) electrons. The monoisotopic (exact) mass is 454 g/mol. The molecule has 1 aliphatic heterocycles. The summed E-state index contributed by atoms with van der Waals surface area (Å²) < 4.78 is 5.18. The number of hydrogen-bond donors (Lipinski definition) is 0. The molecule has 0 spiro atoms. The van der Waals surface area contributed by atoms with Crippen LogP contribution in [0.3, 0.4) is 0 Å². The van der Waals surface area contributed by atoms with Crippen LogP contribution in [0.4, 0.5) is 5.69 Å². The van der Waals surface area contributed by atoms with Crippen LogP contribution in [0.2, 0.25) is 0 Å². The van der Waals surface area contributed by atoms with Crippen LogP contribution < -0.4 is 4.74 Å². The maximum absolute atomic E-state index is 13.4. The van der Waals surface area contributed by atoms with Gasteiger partial charge in [-0.05, 0) is 37.8 Å². The van der Waals surface area contributed by atoms with Crippen molar-refractivity contribution >= 4 is 41.1 Å². The Bertz CT molecular complexity index is 770. The third kappa shape index (κ3) is 6.63. The predicted molar refractivity (Wildman–Crippen MR) is 122 cm³/mol. The molecule has 1 aliphatic rings. The molecule has 1 aromatic rings. The van der Waals surface area contributed by atoms with Gasteiger partial charge in [-0.1, -0.05) is 27.7 Å². The minimum absolute atomic E-state index is 0.0360. The molecule has 1 fully saturated rings. The number of nitro benzene ring substituents is 1. The molecule has 9 heteroatoms. The van der Waals surface area contributed by atoms with E-state index in [0.717, 1.165) is 0 Å². The fraction of sp³-hybridized carbons (Fsp3) is 0.619. The number of carbonyl (C=O) groups is 2. The summed E-state index contributed by atoms with van der Waals surface area (Å²) in [5, 5.41) is 9.62. The molecule has 0 aliphatic carbocycles. The number of rotatable bonds is 8. The van der Waals surface area contributed by atoms with Crippen molar-refractivity contribution in [1.82, 2.24) is 4.90 Å². The summed E-state index contributed by atoms with van der Waals surface area (Å²) in [4.78, 5) is 38.5. The van der Waals surface area contributed by atoms with Crippen molar-refractivity contribution in [1.29, 1.82) is 0 Å². The van der Waals surface area contributed by atoms with Gasteiger partial charge in [0.2, 0.25) is 5.91 Å². The highest BCUT2D eigenvalue weighted by Crippen LogP contribution is 2.52. The molecule has 0 aromatic heterocycles. The molecule has 2 atom stereocenters. The Kier molecular flexibility index (Phi) is 8.21. The lowest BCUT2D eigenvalue weighted by molar-refractivity contribution is -0.384. The Morgan fingerprint density at radius 1 is 1.07 bits per heavy atom. The van der Waals surface area contributed by atoms with E-state index in [1.165, 1.54) is 47.8 Å². The molecule has 1 aromatic carbocycles. The molecular weight excluding hydrogens is 424 g/mol. The zero-order valence-electron chi connectivity index (χ0n) is 18.3. The van der Waals surface area contributed by atoms with Crippen LogP contribution in [0.1, 0.15) is 41.5 Å². The Balaban J connectivity index is 2.20. The average Bonchev–Trinajstić information content (AvgIpc) is 2.96. The minimum atomic E-state index is -0.644. The van der Waals surface area contributed by atoms with E-state index in [1.807, 2.05) is 18.7 Å². The number of ether oxygens (including phenoxy) is 1. The zero-order valence-corrected chi connectivity index (χ0v) is 19.9. The van der Waals surface area contributed by atoms with Crippen LogP contribution in [0.5, 0.6) is 5.75 Å². The molecule has 1 saturated heterocycles. The van der Waals surface area contributed by atoms with Crippen molar-refractivity contribution < 1.29 is 19.2 Å². The lowest BCUT2D eigenvalue weighted by Gasteiger charge is -2.30. The first-order chi connectivity index (χ1) is 13.9. The molecule has 7 nitrogen and oxygen atoms in total. The number of nitrogens with zero attached hydrogens (tertiary/aromatic N) is 2. The number of carbonyl (C=O) groups excluding carboxylic acids is 2. The predicted octanol–water partition coefficient (Wildman–Crippen LogP) is 4.59. The van der Waals surface area contributed by atoms with Crippen molar-refractivity contribution in [2.75, 3.05) is 13.1 Å². The van der Waals surface area contributed by atoms with E-state index in [-0.39, 0.29) is 21.4 Å². The summed E-state index contributed by atoms with van der Waals surface area (Å²) in [7, 11) is 0. The Labute approximate surface area is 186 Å². The van der Waals surface area contributed by atoms with E-state index >= 15 is 0 Å². The van der Waals surface area contributed by atoms with Crippen LogP contribution in [-0.2, 0) is 9.59 Å². The number of benzene rings is 1. The lowest BCUT2D eigenvalue weighted by Crippen LogP contribution is -2.46. The highest BCUT2D eigenvalue weighted by Gasteiger charge is 2.50. The molecule has 1 amide bonds. The number of nitro groups is 1. The zero-order chi connectivity index (χ0) is 22.6. The molecule has 30 heavy (non-hydrogen) atoms. The Morgan fingerprint density at radius 2 is 1.57 bits per heavy atom. The quantitative estimate of drug-likeness (QED) is 0.245. The van der Waals surface area contributed by atoms with Crippen LogP contribution >= 0.6 is 23.5 Å². The third-order valence-electron chi connectivity index (χ3n) is 4.32. The largest absolute Gasteiger partial charge is 0.426 e. The van der Waals surface area contributed by atoms with E-state index in [0.29, 0.717) is 24.9 Å². The second-order valence-corrected chi connectivity index (χ2v) is 12.5. The summed E-state index contributed by atoms with van der Waals surface area (Å²) in [5.74, 6) is 0.342. The van der Waals surface area contributed by atoms with Crippen molar-refractivity contribution in [2.45, 2.75) is 56.1 Å². The number of amides is 1. The summed E-state index contributed by atoms with van der Waals surface area (Å²) in [6, 6.07) is 5.38. The fourth-order valence-electron chi connectivity index (χ4n) is 3.24. The highest BCUT2D eigenvalue weighted by molar-refractivity contribution is 8.22. The van der Waals surface area contributed by atoms with Gasteiger partial charge in [0, 0.05) is 25.2 Å². The summed E-state index contributed by atoms with van der Waals surface area (Å²) in [5.41, 5.74) is -0.0761. The van der Waals surface area contributed by atoms with E-state index in [2.05, 4.69) is 27.7 Å². The van der Waals surface area contributed by atoms with E-state index in [1.54, 1.807) is 0 Å². The van der Waals surface area contributed by atoms with Crippen molar-refractivity contribution in [3.63, 3.8) is 0 Å². The summed E-state index contributed by atoms with van der Waals surface area (Å²) in [6.45, 7) is 13.6. The average molecular weight is 455 g/mol. The van der Waals surface area contributed by atoms with E-state index in [4.69, 9.17) is 4.74 Å². The lowest BCUT2D eigenvalue weighted by atomic mass is 10.1. The normalized spacial score (nSPS) is 20.4. The van der Waals surface area contributed by atoms with Gasteiger partial charge in [-0.25, -0.2) is 0 Å². The minimum Gasteiger partial charge on any atom is -0.426 e. The Morgan fingerprint density at radius 3 is 2.03 bits per heavy atom. The van der Waals surface area contributed by atoms with Crippen LogP contribution in [-0.4, -0.2) is 49.4 Å². The first-order valence-corrected chi connectivity index (χ1v) is 11.8. The topological polar surface area (TPSA) is 89.8 Å². The number of thioether (sulfide) groups is 2. The smallest absolute Gasteiger partial charge is 0.326 e. The summed E-state index contributed by atoms with van der Waals surface area (Å²) in [6.07, 6.45) is 0. The van der Waals surface area contributed by atoms with Gasteiger partial charge in [-0.2, -0.15) is 0 Å². The van der Waals surface area contributed by atoms with Gasteiger partial charge in [0.05, 0.1) is 9.00 Å². The maximum atomic E-state index is 13.4. The van der Waals surface area contributed by atoms with E-state index in [9.17, 15) is 19.7 Å². The fourth-order valence-corrected chi connectivity index (χ4v) is 6.51. The van der Waals surface area contributed by atoms with Crippen molar-refractivity contribution in [3.8, 4) is 5.75 Å². The van der Waals surface area contributed by atoms with E-state index < -0.39 is 21.4 Å². The van der Waals surface area contributed by atoms with Crippen molar-refractivity contribution in [2.24, 2.45) is 11.8 Å². The SMILES string of the molecule is CC(C)CN(CC(C)C)C(=O)C1SC(C)(C)SC1C(=O)Oc1ccc([N+](=O)[O-])cc1. The van der Waals surface area contributed by atoms with Gasteiger partial charge in [0.1, 0.15) is 16.2 Å². The highest BCUT2D eigenvalue weighted by atomic mass is 32.2. The van der Waals surface area contributed by atoms with Gasteiger partial charge < -0.3 is 9.64 Å². The first kappa shape index (κ1) is 24.5. The molecular formula is C21H30N2O5S2. The van der Waals surface area contributed by atoms with Gasteiger partial charge in [0.25, 0.3) is 5.69 Å². The number of non-ortho nitro benzene ring substituents is 1. The van der Waals surface area contributed by atoms with Gasteiger partial charge in [-0.15, -0.1) is 23.5 Å². The van der Waals surface area contributed by atoms with Crippen molar-refractivity contribution in [3.05, 3.63) is 34.4 Å². The molecule has 2 unspecified atom stereocenters. The molecule has 0 bridgehead atoms. The van der Waals surface area contributed by atoms with Gasteiger partial charge >= 0.3 is 5.97 Å². The second-order valence-electron chi connectivity index (χ2n) is 8.68. The Hall–Kier alpha value is -1.74. The maximum Gasteiger partial charge on any atom is 0.326 e. The molecule has 0 saturated carbocycles. The van der Waals surface area contributed by atoms with Crippen LogP contribution in [0.25, 0.3) is 0 Å². The van der Waals surface area contributed by atoms with Gasteiger partial charge in [0.15, 0.2) is 0 Å². The second kappa shape index (κ2) is 10.0. The molecule has 0 N–H and O–H groups in total. The number of hydrogen-bond acceptors (Lipinski definition) is 7. The molecule has 166 valence electrons. The third-order valence-corrected chi connectivity index (χ3v) is 7.65. The standard InChI is InChI=1S/C21H30N2O5S2/c1-13(2)11-22(12-14(3)4)19(24)17-18(30-21(5,6)29-17)20(25)28-16-9-7-15(8-10-16)23(26)27/h7-10,13-14,17-18H,11-12H2,1-6H3.